The molecule has 1 aromatic heterocycles. The van der Waals surface area contributed by atoms with Crippen molar-refractivity contribution in [2.24, 2.45) is 0 Å². The number of aromatic amines is 1. The fraction of sp³-hybridized carbons (Fsp3) is 0.471. The Morgan fingerprint density at radius 2 is 2.26 bits per heavy atom. The maximum absolute atomic E-state index is 12.7. The van der Waals surface area contributed by atoms with E-state index >= 15 is 0 Å². The van der Waals surface area contributed by atoms with E-state index in [-0.39, 0.29) is 18.6 Å². The third-order valence-electron chi connectivity index (χ3n) is 4.53. The molecule has 0 aliphatic carbocycles. The number of β-amino-alcohol motifs (C(OH)–C–C–N with tert-alkyl or cyclic N) is 1. The Labute approximate surface area is 140 Å². The molecular formula is C17H22ClN3O2. The van der Waals surface area contributed by atoms with Gasteiger partial charge in [0.1, 0.15) is 0 Å². The number of H-pyrrole nitrogens is 1. The van der Waals surface area contributed by atoms with Crippen molar-refractivity contribution in [2.75, 3.05) is 32.8 Å². The highest BCUT2D eigenvalue weighted by molar-refractivity contribution is 6.35. The standard InChI is InChI=1S/C17H22ClN3O2/c1-12-11-20(7-8-22)5-6-21(12)16(23)9-13-10-19-15-4-2-3-14(18)17(13)15/h2-4,10,12,19,22H,5-9,11H2,1H3. The highest BCUT2D eigenvalue weighted by atomic mass is 35.5. The normalized spacial score (nSPS) is 19.4. The summed E-state index contributed by atoms with van der Waals surface area (Å²) in [6, 6.07) is 5.87. The molecule has 1 aliphatic heterocycles. The number of aliphatic hydroxyl groups is 1. The number of aromatic nitrogens is 1. The van der Waals surface area contributed by atoms with E-state index in [2.05, 4.69) is 16.8 Å². The maximum Gasteiger partial charge on any atom is 0.227 e. The number of nitrogens with one attached hydrogen (secondary N) is 1. The average molecular weight is 336 g/mol. The molecule has 23 heavy (non-hydrogen) atoms. The predicted octanol–water partition coefficient (Wildman–Crippen LogP) is 1.89. The van der Waals surface area contributed by atoms with E-state index in [0.717, 1.165) is 29.6 Å². The van der Waals surface area contributed by atoms with Gasteiger partial charge < -0.3 is 15.0 Å². The fourth-order valence-electron chi connectivity index (χ4n) is 3.36. The van der Waals surface area contributed by atoms with Gasteiger partial charge in [-0.25, -0.2) is 0 Å². The molecule has 0 bridgehead atoms. The summed E-state index contributed by atoms with van der Waals surface area (Å²) >= 11 is 6.28. The lowest BCUT2D eigenvalue weighted by Crippen LogP contribution is -2.54. The van der Waals surface area contributed by atoms with Crippen LogP contribution in [0.15, 0.2) is 24.4 Å². The van der Waals surface area contributed by atoms with Crippen LogP contribution < -0.4 is 0 Å². The van der Waals surface area contributed by atoms with Gasteiger partial charge in [-0.15, -0.1) is 0 Å². The molecular weight excluding hydrogens is 314 g/mol. The van der Waals surface area contributed by atoms with Gasteiger partial charge in [0.25, 0.3) is 0 Å². The molecule has 1 aliphatic rings. The number of carbonyl (C=O) groups is 1. The van der Waals surface area contributed by atoms with Crippen molar-refractivity contribution in [2.45, 2.75) is 19.4 Å². The Morgan fingerprint density at radius 3 is 3.00 bits per heavy atom. The molecule has 0 radical (unpaired) electrons. The lowest BCUT2D eigenvalue weighted by Gasteiger charge is -2.39. The number of hydrogen-bond donors (Lipinski definition) is 2. The third kappa shape index (κ3) is 3.37. The van der Waals surface area contributed by atoms with Crippen molar-refractivity contribution in [3.63, 3.8) is 0 Å². The Hall–Kier alpha value is -1.56. The van der Waals surface area contributed by atoms with Crippen molar-refractivity contribution in [3.05, 3.63) is 35.0 Å². The van der Waals surface area contributed by atoms with Crippen LogP contribution in [0.4, 0.5) is 0 Å². The van der Waals surface area contributed by atoms with Gasteiger partial charge in [-0.3, -0.25) is 9.69 Å². The minimum atomic E-state index is 0.127. The molecule has 124 valence electrons. The molecule has 3 rings (SSSR count). The summed E-state index contributed by atoms with van der Waals surface area (Å²) in [6.45, 7) is 5.21. The van der Waals surface area contributed by atoms with Crippen molar-refractivity contribution < 1.29 is 9.90 Å². The molecule has 0 saturated carbocycles. The molecule has 1 saturated heterocycles. The van der Waals surface area contributed by atoms with Crippen molar-refractivity contribution in [1.29, 1.82) is 0 Å². The van der Waals surface area contributed by atoms with E-state index in [9.17, 15) is 4.79 Å². The molecule has 1 unspecified atom stereocenters. The minimum Gasteiger partial charge on any atom is -0.395 e. The van der Waals surface area contributed by atoms with Crippen molar-refractivity contribution in [3.8, 4) is 0 Å². The van der Waals surface area contributed by atoms with Crippen LogP contribution in [0.5, 0.6) is 0 Å². The number of halogens is 1. The van der Waals surface area contributed by atoms with E-state index in [4.69, 9.17) is 16.7 Å². The van der Waals surface area contributed by atoms with Crippen LogP contribution in [0.3, 0.4) is 0 Å². The number of aliphatic hydroxyl groups excluding tert-OH is 1. The van der Waals surface area contributed by atoms with Gasteiger partial charge >= 0.3 is 0 Å². The average Bonchev–Trinajstić information content (AvgIpc) is 2.92. The van der Waals surface area contributed by atoms with E-state index in [1.165, 1.54) is 0 Å². The smallest absolute Gasteiger partial charge is 0.227 e. The number of rotatable bonds is 4. The zero-order valence-corrected chi connectivity index (χ0v) is 14.0. The first-order chi connectivity index (χ1) is 11.1. The van der Waals surface area contributed by atoms with Crippen LogP contribution in [0, 0.1) is 0 Å². The Balaban J connectivity index is 1.71. The Morgan fingerprint density at radius 1 is 1.43 bits per heavy atom. The number of hydrogen-bond acceptors (Lipinski definition) is 3. The molecule has 2 aromatic rings. The summed E-state index contributed by atoms with van der Waals surface area (Å²) in [7, 11) is 0. The number of benzene rings is 1. The second-order valence-electron chi connectivity index (χ2n) is 6.11. The van der Waals surface area contributed by atoms with Crippen molar-refractivity contribution in [1.82, 2.24) is 14.8 Å². The zero-order chi connectivity index (χ0) is 16.4. The molecule has 2 heterocycles. The zero-order valence-electron chi connectivity index (χ0n) is 13.3. The largest absolute Gasteiger partial charge is 0.395 e. The number of amides is 1. The quantitative estimate of drug-likeness (QED) is 0.897. The Kier molecular flexibility index (Phi) is 4.90. The van der Waals surface area contributed by atoms with E-state index in [1.54, 1.807) is 0 Å². The van der Waals surface area contributed by atoms with Crippen LogP contribution in [0.2, 0.25) is 5.02 Å². The van der Waals surface area contributed by atoms with Crippen LogP contribution in [-0.4, -0.2) is 64.6 Å². The second-order valence-corrected chi connectivity index (χ2v) is 6.52. The van der Waals surface area contributed by atoms with Gasteiger partial charge in [0.2, 0.25) is 5.91 Å². The molecule has 1 fully saturated rings. The molecule has 5 nitrogen and oxygen atoms in total. The SMILES string of the molecule is CC1CN(CCO)CCN1C(=O)Cc1c[nH]c2cccc(Cl)c12. The van der Waals surface area contributed by atoms with Gasteiger partial charge in [0, 0.05) is 49.3 Å². The van der Waals surface area contributed by atoms with Crippen molar-refractivity contribution >= 4 is 28.4 Å². The summed E-state index contributed by atoms with van der Waals surface area (Å²) in [5, 5.41) is 10.7. The minimum absolute atomic E-state index is 0.127. The highest BCUT2D eigenvalue weighted by Gasteiger charge is 2.27. The number of fused-ring (bicyclic) bond motifs is 1. The lowest BCUT2D eigenvalue weighted by atomic mass is 10.1. The van der Waals surface area contributed by atoms with Gasteiger partial charge in [-0.1, -0.05) is 17.7 Å². The first-order valence-corrected chi connectivity index (χ1v) is 8.35. The first kappa shape index (κ1) is 16.3. The first-order valence-electron chi connectivity index (χ1n) is 7.97. The summed E-state index contributed by atoms with van der Waals surface area (Å²) in [4.78, 5) is 20.0. The van der Waals surface area contributed by atoms with Crippen LogP contribution >= 0.6 is 11.6 Å². The molecule has 1 aromatic carbocycles. The molecule has 1 amide bonds. The van der Waals surface area contributed by atoms with Crippen LogP contribution in [0.1, 0.15) is 12.5 Å². The lowest BCUT2D eigenvalue weighted by molar-refractivity contribution is -0.134. The van der Waals surface area contributed by atoms with E-state index in [1.807, 2.05) is 29.3 Å². The third-order valence-corrected chi connectivity index (χ3v) is 4.84. The van der Waals surface area contributed by atoms with E-state index in [0.29, 0.717) is 24.5 Å². The highest BCUT2D eigenvalue weighted by Crippen LogP contribution is 2.27. The number of piperazine rings is 1. The summed E-state index contributed by atoms with van der Waals surface area (Å²) < 4.78 is 0. The summed E-state index contributed by atoms with van der Waals surface area (Å²) in [5.74, 6) is 0.127. The van der Waals surface area contributed by atoms with Gasteiger partial charge in [0.15, 0.2) is 0 Å². The fourth-order valence-corrected chi connectivity index (χ4v) is 3.66. The predicted molar refractivity (Wildman–Crippen MR) is 91.7 cm³/mol. The molecule has 2 N–H and O–H groups in total. The monoisotopic (exact) mass is 335 g/mol. The molecule has 6 heteroatoms. The maximum atomic E-state index is 12.7. The Bertz CT molecular complexity index is 700. The van der Waals surface area contributed by atoms with Gasteiger partial charge in [-0.2, -0.15) is 0 Å². The number of nitrogens with zero attached hydrogens (tertiary/aromatic N) is 2. The van der Waals surface area contributed by atoms with Gasteiger partial charge in [-0.05, 0) is 24.6 Å². The summed E-state index contributed by atoms with van der Waals surface area (Å²) in [6.07, 6.45) is 2.23. The summed E-state index contributed by atoms with van der Waals surface area (Å²) in [5.41, 5.74) is 1.90. The molecule has 1 atom stereocenters. The molecule has 0 spiro atoms. The van der Waals surface area contributed by atoms with E-state index < -0.39 is 0 Å². The second kappa shape index (κ2) is 6.91. The van der Waals surface area contributed by atoms with Crippen LogP contribution in [-0.2, 0) is 11.2 Å². The van der Waals surface area contributed by atoms with Gasteiger partial charge in [0.05, 0.1) is 18.1 Å². The topological polar surface area (TPSA) is 59.6 Å². The van der Waals surface area contributed by atoms with Crippen LogP contribution in [0.25, 0.3) is 10.9 Å². The number of carbonyl (C=O) groups excluding carboxylic acids is 1.